The van der Waals surface area contributed by atoms with Gasteiger partial charge in [-0.1, -0.05) is 74.0 Å². The van der Waals surface area contributed by atoms with Crippen molar-refractivity contribution in [2.75, 3.05) is 13.1 Å². The van der Waals surface area contributed by atoms with E-state index in [1.54, 1.807) is 0 Å². The molecular formula is C18H30BrN. The molecule has 1 N–H and O–H groups in total. The van der Waals surface area contributed by atoms with E-state index in [0.717, 1.165) is 13.1 Å². The lowest BCUT2D eigenvalue weighted by Crippen LogP contribution is -2.22. The van der Waals surface area contributed by atoms with E-state index in [4.69, 9.17) is 0 Å². The third-order valence-electron chi connectivity index (χ3n) is 3.79. The van der Waals surface area contributed by atoms with E-state index in [2.05, 4.69) is 59.4 Å². The van der Waals surface area contributed by atoms with Crippen molar-refractivity contribution in [3.8, 4) is 0 Å². The van der Waals surface area contributed by atoms with Gasteiger partial charge >= 0.3 is 0 Å². The highest BCUT2D eigenvalue weighted by molar-refractivity contribution is 9.10. The average molecular weight is 340 g/mol. The van der Waals surface area contributed by atoms with Crippen LogP contribution in [0.2, 0.25) is 0 Å². The van der Waals surface area contributed by atoms with Gasteiger partial charge in [-0.15, -0.1) is 0 Å². The van der Waals surface area contributed by atoms with E-state index < -0.39 is 0 Å². The molecule has 0 aliphatic heterocycles. The second kappa shape index (κ2) is 11.3. The molecule has 0 saturated carbocycles. The van der Waals surface area contributed by atoms with E-state index >= 15 is 0 Å². The molecule has 0 aromatic heterocycles. The SMILES string of the molecule is CCCCCCCC(CNCCC)c1cccc(Br)c1. The Morgan fingerprint density at radius 1 is 1.05 bits per heavy atom. The van der Waals surface area contributed by atoms with Gasteiger partial charge in [-0.2, -0.15) is 0 Å². The maximum atomic E-state index is 3.59. The average Bonchev–Trinajstić information content (AvgIpc) is 2.45. The van der Waals surface area contributed by atoms with Crippen LogP contribution in [0.5, 0.6) is 0 Å². The van der Waals surface area contributed by atoms with Crippen molar-refractivity contribution in [2.45, 2.75) is 64.7 Å². The monoisotopic (exact) mass is 339 g/mol. The Labute approximate surface area is 133 Å². The molecule has 0 amide bonds. The predicted octanol–water partition coefficient (Wildman–Crippen LogP) is 5.89. The van der Waals surface area contributed by atoms with E-state index in [9.17, 15) is 0 Å². The number of hydrogen-bond acceptors (Lipinski definition) is 1. The number of nitrogens with one attached hydrogen (secondary N) is 1. The van der Waals surface area contributed by atoms with Crippen LogP contribution < -0.4 is 5.32 Å². The summed E-state index contributed by atoms with van der Waals surface area (Å²) < 4.78 is 1.20. The Kier molecular flexibility index (Phi) is 10.0. The molecule has 0 bridgehead atoms. The Balaban J connectivity index is 2.47. The van der Waals surface area contributed by atoms with Crippen molar-refractivity contribution in [2.24, 2.45) is 0 Å². The summed E-state index contributed by atoms with van der Waals surface area (Å²) in [6, 6.07) is 8.82. The Bertz CT molecular complexity index is 351. The quantitative estimate of drug-likeness (QED) is 0.495. The highest BCUT2D eigenvalue weighted by atomic mass is 79.9. The van der Waals surface area contributed by atoms with Gasteiger partial charge in [0.2, 0.25) is 0 Å². The number of benzene rings is 1. The number of hydrogen-bond donors (Lipinski definition) is 1. The summed E-state index contributed by atoms with van der Waals surface area (Å²) in [7, 11) is 0. The van der Waals surface area contributed by atoms with E-state index in [1.807, 2.05) is 0 Å². The molecule has 20 heavy (non-hydrogen) atoms. The maximum Gasteiger partial charge on any atom is 0.0178 e. The summed E-state index contributed by atoms with van der Waals surface area (Å²) in [4.78, 5) is 0. The van der Waals surface area contributed by atoms with Gasteiger partial charge < -0.3 is 5.32 Å². The Hall–Kier alpha value is -0.340. The highest BCUT2D eigenvalue weighted by Crippen LogP contribution is 2.25. The van der Waals surface area contributed by atoms with Crippen LogP contribution in [0.3, 0.4) is 0 Å². The molecule has 0 aliphatic rings. The van der Waals surface area contributed by atoms with Gasteiger partial charge in [0.1, 0.15) is 0 Å². The third-order valence-corrected chi connectivity index (χ3v) is 4.29. The van der Waals surface area contributed by atoms with Crippen LogP contribution in [0.4, 0.5) is 0 Å². The molecule has 1 unspecified atom stereocenters. The molecule has 0 heterocycles. The topological polar surface area (TPSA) is 12.0 Å². The summed E-state index contributed by atoms with van der Waals surface area (Å²) in [5.41, 5.74) is 1.47. The van der Waals surface area contributed by atoms with Crippen LogP contribution in [0.25, 0.3) is 0 Å². The van der Waals surface area contributed by atoms with Gasteiger partial charge in [0.25, 0.3) is 0 Å². The molecule has 1 rings (SSSR count). The first-order valence-electron chi connectivity index (χ1n) is 8.24. The molecule has 1 aromatic rings. The standard InChI is InChI=1S/C18H30BrN/c1-3-5-6-7-8-10-17(15-20-13-4-2)16-11-9-12-18(19)14-16/h9,11-12,14,17,20H,3-8,10,13,15H2,1-2H3. The molecule has 0 spiro atoms. The molecule has 1 atom stereocenters. The van der Waals surface area contributed by atoms with E-state index in [1.165, 1.54) is 55.0 Å². The van der Waals surface area contributed by atoms with E-state index in [-0.39, 0.29) is 0 Å². The summed E-state index contributed by atoms with van der Waals surface area (Å²) in [5, 5.41) is 3.59. The second-order valence-corrected chi connectivity index (χ2v) is 6.57. The molecule has 1 aromatic carbocycles. The summed E-state index contributed by atoms with van der Waals surface area (Å²) in [5.74, 6) is 0.653. The van der Waals surface area contributed by atoms with Crippen LogP contribution in [0.1, 0.15) is 70.3 Å². The van der Waals surface area contributed by atoms with Gasteiger partial charge in [-0.25, -0.2) is 0 Å². The fourth-order valence-corrected chi connectivity index (χ4v) is 3.01. The predicted molar refractivity (Wildman–Crippen MR) is 93.4 cm³/mol. The minimum atomic E-state index is 0.653. The number of halogens is 1. The van der Waals surface area contributed by atoms with Crippen LogP contribution in [-0.4, -0.2) is 13.1 Å². The smallest absolute Gasteiger partial charge is 0.0178 e. The molecule has 1 nitrogen and oxygen atoms in total. The van der Waals surface area contributed by atoms with Gasteiger partial charge in [-0.05, 0) is 43.0 Å². The van der Waals surface area contributed by atoms with Crippen molar-refractivity contribution >= 4 is 15.9 Å². The zero-order valence-corrected chi connectivity index (χ0v) is 14.7. The summed E-state index contributed by atoms with van der Waals surface area (Å²) in [6.45, 7) is 6.74. The molecule has 0 saturated heterocycles. The largest absolute Gasteiger partial charge is 0.316 e. The van der Waals surface area contributed by atoms with Gasteiger partial charge in [0.15, 0.2) is 0 Å². The fourth-order valence-electron chi connectivity index (χ4n) is 2.59. The van der Waals surface area contributed by atoms with Gasteiger partial charge in [0.05, 0.1) is 0 Å². The number of rotatable bonds is 11. The first-order chi connectivity index (χ1) is 9.77. The lowest BCUT2D eigenvalue weighted by molar-refractivity contribution is 0.509. The number of unbranched alkanes of at least 4 members (excludes halogenated alkanes) is 4. The van der Waals surface area contributed by atoms with Crippen molar-refractivity contribution in [3.05, 3.63) is 34.3 Å². The van der Waals surface area contributed by atoms with Crippen molar-refractivity contribution in [1.82, 2.24) is 5.32 Å². The van der Waals surface area contributed by atoms with Crippen LogP contribution in [0, 0.1) is 0 Å². The lowest BCUT2D eigenvalue weighted by Gasteiger charge is -2.18. The zero-order valence-electron chi connectivity index (χ0n) is 13.1. The summed E-state index contributed by atoms with van der Waals surface area (Å²) >= 11 is 3.59. The molecule has 114 valence electrons. The third kappa shape index (κ3) is 7.44. The Morgan fingerprint density at radius 2 is 1.85 bits per heavy atom. The van der Waals surface area contributed by atoms with Crippen LogP contribution in [0.15, 0.2) is 28.7 Å². The van der Waals surface area contributed by atoms with Crippen molar-refractivity contribution in [3.63, 3.8) is 0 Å². The molecule has 0 aliphatic carbocycles. The molecule has 0 radical (unpaired) electrons. The zero-order chi connectivity index (χ0) is 14.6. The van der Waals surface area contributed by atoms with E-state index in [0.29, 0.717) is 5.92 Å². The normalized spacial score (nSPS) is 12.6. The van der Waals surface area contributed by atoms with Gasteiger partial charge in [-0.3, -0.25) is 0 Å². The first kappa shape index (κ1) is 17.7. The summed E-state index contributed by atoms with van der Waals surface area (Å²) in [6.07, 6.45) is 9.35. The first-order valence-corrected chi connectivity index (χ1v) is 9.03. The van der Waals surface area contributed by atoms with Crippen molar-refractivity contribution < 1.29 is 0 Å². The highest BCUT2D eigenvalue weighted by Gasteiger charge is 2.11. The second-order valence-electron chi connectivity index (χ2n) is 5.66. The maximum absolute atomic E-state index is 3.59. The fraction of sp³-hybridized carbons (Fsp3) is 0.667. The lowest BCUT2D eigenvalue weighted by atomic mass is 9.93. The van der Waals surface area contributed by atoms with Gasteiger partial charge in [0, 0.05) is 11.0 Å². The minimum Gasteiger partial charge on any atom is -0.316 e. The Morgan fingerprint density at radius 3 is 2.55 bits per heavy atom. The molecule has 2 heteroatoms. The van der Waals surface area contributed by atoms with Crippen LogP contribution >= 0.6 is 15.9 Å². The van der Waals surface area contributed by atoms with Crippen molar-refractivity contribution in [1.29, 1.82) is 0 Å². The van der Waals surface area contributed by atoms with Crippen LogP contribution in [-0.2, 0) is 0 Å². The minimum absolute atomic E-state index is 0.653. The molecular weight excluding hydrogens is 310 g/mol. The molecule has 0 fully saturated rings.